The molecule has 0 saturated carbocycles. The summed E-state index contributed by atoms with van der Waals surface area (Å²) in [5.74, 6) is -1.44. The monoisotopic (exact) mass is 281 g/mol. The number of hydrogen-bond acceptors (Lipinski definition) is 2. The Bertz CT molecular complexity index is 616. The van der Waals surface area contributed by atoms with Gasteiger partial charge in [0.25, 0.3) is 0 Å². The Hall–Kier alpha value is -2.17. The van der Waals surface area contributed by atoms with Crippen molar-refractivity contribution in [1.82, 2.24) is 0 Å². The van der Waals surface area contributed by atoms with E-state index in [1.54, 1.807) is 13.0 Å². The normalized spacial score (nSPS) is 12.1. The molecular weight excluding hydrogens is 267 g/mol. The number of anilines is 1. The highest BCUT2D eigenvalue weighted by molar-refractivity contribution is 5.47. The Labute approximate surface area is 115 Å². The summed E-state index contributed by atoms with van der Waals surface area (Å²) in [6.45, 7) is 1.76. The molecule has 2 aromatic carbocycles. The summed E-state index contributed by atoms with van der Waals surface area (Å²) in [5.41, 5.74) is 0.757. The van der Waals surface area contributed by atoms with Gasteiger partial charge >= 0.3 is 0 Å². The third-order valence-corrected chi connectivity index (χ3v) is 2.98. The minimum absolute atomic E-state index is 0.0563. The van der Waals surface area contributed by atoms with Crippen LogP contribution in [0, 0.1) is 17.5 Å². The number of halogens is 3. The second-order valence-electron chi connectivity index (χ2n) is 4.38. The lowest BCUT2D eigenvalue weighted by Crippen LogP contribution is -2.08. The molecule has 1 atom stereocenters. The summed E-state index contributed by atoms with van der Waals surface area (Å²) in [5, 5.41) is 2.85. The molecule has 0 aromatic heterocycles. The van der Waals surface area contributed by atoms with Gasteiger partial charge in [-0.05, 0) is 42.8 Å². The van der Waals surface area contributed by atoms with Crippen molar-refractivity contribution in [3.8, 4) is 5.75 Å². The lowest BCUT2D eigenvalue weighted by molar-refractivity contribution is 0.385. The minimum Gasteiger partial charge on any atom is -0.494 e. The zero-order valence-corrected chi connectivity index (χ0v) is 11.1. The molecule has 0 aliphatic carbocycles. The third kappa shape index (κ3) is 3.04. The number of benzene rings is 2. The summed E-state index contributed by atoms with van der Waals surface area (Å²) in [4.78, 5) is 0. The van der Waals surface area contributed by atoms with Crippen LogP contribution in [0.5, 0.6) is 5.75 Å². The van der Waals surface area contributed by atoms with Crippen LogP contribution in [0.25, 0.3) is 0 Å². The highest BCUT2D eigenvalue weighted by Gasteiger charge is 2.12. The van der Waals surface area contributed by atoms with Crippen molar-refractivity contribution in [3.63, 3.8) is 0 Å². The Morgan fingerprint density at radius 3 is 2.40 bits per heavy atom. The van der Waals surface area contributed by atoms with E-state index >= 15 is 0 Å². The van der Waals surface area contributed by atoms with E-state index in [0.717, 1.165) is 18.2 Å². The molecule has 0 heterocycles. The van der Waals surface area contributed by atoms with E-state index in [1.807, 2.05) is 0 Å². The highest BCUT2D eigenvalue weighted by Crippen LogP contribution is 2.26. The summed E-state index contributed by atoms with van der Waals surface area (Å²) < 4.78 is 44.9. The molecule has 1 N–H and O–H groups in total. The first kappa shape index (κ1) is 14.2. The molecular formula is C15H14F3NO. The van der Waals surface area contributed by atoms with Crippen LogP contribution in [0.4, 0.5) is 18.9 Å². The van der Waals surface area contributed by atoms with Gasteiger partial charge < -0.3 is 10.1 Å². The predicted molar refractivity (Wildman–Crippen MR) is 71.3 cm³/mol. The number of ether oxygens (including phenoxy) is 1. The fourth-order valence-corrected chi connectivity index (χ4v) is 1.87. The Morgan fingerprint density at radius 2 is 1.70 bits per heavy atom. The van der Waals surface area contributed by atoms with Crippen molar-refractivity contribution in [1.29, 1.82) is 0 Å². The first-order valence-corrected chi connectivity index (χ1v) is 6.06. The van der Waals surface area contributed by atoms with E-state index < -0.39 is 17.5 Å². The van der Waals surface area contributed by atoms with E-state index in [4.69, 9.17) is 4.74 Å². The van der Waals surface area contributed by atoms with Crippen molar-refractivity contribution >= 4 is 5.69 Å². The average molecular weight is 281 g/mol. The maximum absolute atomic E-state index is 13.5. The highest BCUT2D eigenvalue weighted by atomic mass is 19.1. The lowest BCUT2D eigenvalue weighted by atomic mass is 10.1. The second kappa shape index (κ2) is 5.86. The van der Waals surface area contributed by atoms with Crippen molar-refractivity contribution in [3.05, 3.63) is 59.4 Å². The average Bonchev–Trinajstić information content (AvgIpc) is 2.43. The predicted octanol–water partition coefficient (Wildman–Crippen LogP) is 4.29. The summed E-state index contributed by atoms with van der Waals surface area (Å²) in [7, 11) is 1.37. The van der Waals surface area contributed by atoms with E-state index in [-0.39, 0.29) is 17.5 Å². The second-order valence-corrected chi connectivity index (χ2v) is 4.38. The number of hydrogen-bond donors (Lipinski definition) is 1. The molecule has 5 heteroatoms. The van der Waals surface area contributed by atoms with E-state index in [9.17, 15) is 13.2 Å². The van der Waals surface area contributed by atoms with Crippen molar-refractivity contribution in [2.45, 2.75) is 13.0 Å². The van der Waals surface area contributed by atoms with Gasteiger partial charge in [0.05, 0.1) is 12.8 Å². The fraction of sp³-hybridized carbons (Fsp3) is 0.200. The molecule has 106 valence electrons. The van der Waals surface area contributed by atoms with E-state index in [2.05, 4.69) is 5.32 Å². The SMILES string of the molecule is COc1cc(C(C)Nc2cc(F)ccc2F)ccc1F. The van der Waals surface area contributed by atoms with Crippen LogP contribution in [0.3, 0.4) is 0 Å². The van der Waals surface area contributed by atoms with Gasteiger partial charge in [-0.15, -0.1) is 0 Å². The molecule has 0 bridgehead atoms. The zero-order valence-electron chi connectivity index (χ0n) is 11.1. The van der Waals surface area contributed by atoms with Gasteiger partial charge in [0.1, 0.15) is 11.6 Å². The van der Waals surface area contributed by atoms with E-state index in [1.165, 1.54) is 19.2 Å². The summed E-state index contributed by atoms with van der Waals surface area (Å²) in [6, 6.07) is 7.19. The van der Waals surface area contributed by atoms with Crippen molar-refractivity contribution in [2.24, 2.45) is 0 Å². The number of nitrogens with one attached hydrogen (secondary N) is 1. The van der Waals surface area contributed by atoms with Gasteiger partial charge in [0.15, 0.2) is 11.6 Å². The Kier molecular flexibility index (Phi) is 4.17. The molecule has 0 spiro atoms. The van der Waals surface area contributed by atoms with Crippen LogP contribution >= 0.6 is 0 Å². The van der Waals surface area contributed by atoms with Crippen LogP contribution in [-0.2, 0) is 0 Å². The molecule has 2 nitrogen and oxygen atoms in total. The molecule has 2 aromatic rings. The van der Waals surface area contributed by atoms with Gasteiger partial charge in [-0.1, -0.05) is 6.07 Å². The quantitative estimate of drug-likeness (QED) is 0.902. The minimum atomic E-state index is -0.549. The maximum atomic E-state index is 13.5. The molecule has 0 amide bonds. The first-order valence-electron chi connectivity index (χ1n) is 6.06. The molecule has 0 aliphatic rings. The van der Waals surface area contributed by atoms with Gasteiger partial charge in [-0.3, -0.25) is 0 Å². The molecule has 2 rings (SSSR count). The van der Waals surface area contributed by atoms with Crippen LogP contribution in [0.2, 0.25) is 0 Å². The van der Waals surface area contributed by atoms with E-state index in [0.29, 0.717) is 5.56 Å². The zero-order chi connectivity index (χ0) is 14.7. The first-order chi connectivity index (χ1) is 9.51. The largest absolute Gasteiger partial charge is 0.494 e. The number of rotatable bonds is 4. The summed E-state index contributed by atoms with van der Waals surface area (Å²) >= 11 is 0. The standard InChI is InChI=1S/C15H14F3NO/c1-9(10-3-5-13(18)15(7-10)20-2)19-14-8-11(16)4-6-12(14)17/h3-9,19H,1-2H3. The lowest BCUT2D eigenvalue weighted by Gasteiger charge is -2.17. The Balaban J connectivity index is 2.23. The van der Waals surface area contributed by atoms with Crippen molar-refractivity contribution in [2.75, 3.05) is 12.4 Å². The van der Waals surface area contributed by atoms with Gasteiger partial charge in [-0.2, -0.15) is 0 Å². The Morgan fingerprint density at radius 1 is 1.00 bits per heavy atom. The molecule has 0 radical (unpaired) electrons. The smallest absolute Gasteiger partial charge is 0.165 e. The summed E-state index contributed by atoms with van der Waals surface area (Å²) in [6.07, 6.45) is 0. The van der Waals surface area contributed by atoms with Crippen LogP contribution in [0.15, 0.2) is 36.4 Å². The molecule has 0 saturated heterocycles. The van der Waals surface area contributed by atoms with Gasteiger partial charge in [-0.25, -0.2) is 13.2 Å². The maximum Gasteiger partial charge on any atom is 0.165 e. The molecule has 0 fully saturated rings. The van der Waals surface area contributed by atoms with Crippen molar-refractivity contribution < 1.29 is 17.9 Å². The third-order valence-electron chi connectivity index (χ3n) is 2.98. The van der Waals surface area contributed by atoms with Gasteiger partial charge in [0.2, 0.25) is 0 Å². The molecule has 0 aliphatic heterocycles. The number of methoxy groups -OCH3 is 1. The topological polar surface area (TPSA) is 21.3 Å². The molecule has 1 unspecified atom stereocenters. The van der Waals surface area contributed by atoms with Crippen LogP contribution in [0.1, 0.15) is 18.5 Å². The molecule has 20 heavy (non-hydrogen) atoms. The van der Waals surface area contributed by atoms with Gasteiger partial charge in [0, 0.05) is 6.04 Å². The van der Waals surface area contributed by atoms with Crippen LogP contribution < -0.4 is 10.1 Å². The fourth-order valence-electron chi connectivity index (χ4n) is 1.87. The van der Waals surface area contributed by atoms with Crippen LogP contribution in [-0.4, -0.2) is 7.11 Å².